The number of rotatable bonds is 2. The zero-order chi connectivity index (χ0) is 9.14. The monoisotopic (exact) mass is 167 g/mol. The number of carboxylic acids is 1. The van der Waals surface area contributed by atoms with Crippen LogP contribution in [0.25, 0.3) is 6.08 Å². The third-order valence-corrected chi connectivity index (χ3v) is 1.32. The Bertz CT molecular complexity index is 325. The van der Waals surface area contributed by atoms with E-state index < -0.39 is 5.97 Å². The molecule has 0 aliphatic carbocycles. The Morgan fingerprint density at radius 1 is 1.58 bits per heavy atom. The van der Waals surface area contributed by atoms with E-state index in [1.807, 2.05) is 0 Å². The van der Waals surface area contributed by atoms with Gasteiger partial charge in [-0.25, -0.2) is 9.78 Å². The number of carbonyl (C=O) groups is 1. The van der Waals surface area contributed by atoms with Gasteiger partial charge < -0.3 is 9.52 Å². The van der Waals surface area contributed by atoms with E-state index in [4.69, 9.17) is 9.52 Å². The van der Waals surface area contributed by atoms with Crippen LogP contribution in [0, 0.1) is 13.8 Å². The molecule has 0 saturated carbocycles. The molecule has 0 fully saturated rings. The van der Waals surface area contributed by atoms with E-state index in [1.54, 1.807) is 13.8 Å². The van der Waals surface area contributed by atoms with Crippen molar-refractivity contribution < 1.29 is 14.3 Å². The maximum absolute atomic E-state index is 10.1. The van der Waals surface area contributed by atoms with E-state index in [0.29, 0.717) is 17.3 Å². The highest BCUT2D eigenvalue weighted by atomic mass is 16.4. The smallest absolute Gasteiger partial charge is 0.328 e. The van der Waals surface area contributed by atoms with E-state index in [9.17, 15) is 4.79 Å². The van der Waals surface area contributed by atoms with E-state index in [-0.39, 0.29) is 0 Å². The number of aromatic nitrogens is 1. The molecule has 1 aromatic rings. The summed E-state index contributed by atoms with van der Waals surface area (Å²) in [6, 6.07) is 0. The fourth-order valence-electron chi connectivity index (χ4n) is 0.849. The van der Waals surface area contributed by atoms with Crippen molar-refractivity contribution >= 4 is 12.0 Å². The fraction of sp³-hybridized carbons (Fsp3) is 0.250. The molecule has 0 saturated heterocycles. The van der Waals surface area contributed by atoms with Crippen molar-refractivity contribution in [3.63, 3.8) is 0 Å². The first kappa shape index (κ1) is 8.52. The molecule has 0 spiro atoms. The number of oxazole rings is 1. The van der Waals surface area contributed by atoms with E-state index in [2.05, 4.69) is 4.98 Å². The lowest BCUT2D eigenvalue weighted by molar-refractivity contribution is -0.131. The average Bonchev–Trinajstić information content (AvgIpc) is 2.26. The molecule has 0 radical (unpaired) electrons. The largest absolute Gasteiger partial charge is 0.478 e. The van der Waals surface area contributed by atoms with Gasteiger partial charge in [-0.3, -0.25) is 0 Å². The predicted molar refractivity (Wildman–Crippen MR) is 42.6 cm³/mol. The van der Waals surface area contributed by atoms with Crippen LogP contribution in [0.2, 0.25) is 0 Å². The first-order valence-corrected chi connectivity index (χ1v) is 3.44. The fourth-order valence-corrected chi connectivity index (χ4v) is 0.849. The molecule has 4 nitrogen and oxygen atoms in total. The maximum atomic E-state index is 10.1. The standard InChI is InChI=1S/C8H9NO3/c1-5-7(3-4-8(10)11)12-6(2)9-5/h3-4H,1-2H3,(H,10,11)/b4-3+. The van der Waals surface area contributed by atoms with Gasteiger partial charge in [0.25, 0.3) is 0 Å². The number of carboxylic acid groups (broad SMARTS) is 1. The Morgan fingerprint density at radius 3 is 2.67 bits per heavy atom. The quantitative estimate of drug-likeness (QED) is 0.676. The molecule has 0 atom stereocenters. The van der Waals surface area contributed by atoms with Crippen LogP contribution in [0.15, 0.2) is 10.5 Å². The molecular weight excluding hydrogens is 158 g/mol. The van der Waals surface area contributed by atoms with Gasteiger partial charge in [0.05, 0.1) is 5.69 Å². The molecule has 64 valence electrons. The van der Waals surface area contributed by atoms with Gasteiger partial charge in [0.2, 0.25) is 0 Å². The van der Waals surface area contributed by atoms with Crippen LogP contribution in [0.3, 0.4) is 0 Å². The maximum Gasteiger partial charge on any atom is 0.328 e. The van der Waals surface area contributed by atoms with Crippen molar-refractivity contribution in [1.82, 2.24) is 4.98 Å². The summed E-state index contributed by atoms with van der Waals surface area (Å²) in [6.07, 6.45) is 2.41. The molecule has 4 heteroatoms. The minimum Gasteiger partial charge on any atom is -0.478 e. The number of hydrogen-bond acceptors (Lipinski definition) is 3. The predicted octanol–water partition coefficient (Wildman–Crippen LogP) is 1.39. The zero-order valence-electron chi connectivity index (χ0n) is 6.87. The van der Waals surface area contributed by atoms with Crippen LogP contribution in [0.4, 0.5) is 0 Å². The summed E-state index contributed by atoms with van der Waals surface area (Å²) in [7, 11) is 0. The van der Waals surface area contributed by atoms with Crippen LogP contribution < -0.4 is 0 Å². The Balaban J connectivity index is 2.89. The van der Waals surface area contributed by atoms with Crippen LogP contribution in [0.1, 0.15) is 17.3 Å². The number of nitrogens with zero attached hydrogens (tertiary/aromatic N) is 1. The third kappa shape index (κ3) is 1.95. The summed E-state index contributed by atoms with van der Waals surface area (Å²) in [5, 5.41) is 8.32. The second-order valence-electron chi connectivity index (χ2n) is 2.35. The number of aliphatic carboxylic acids is 1. The van der Waals surface area contributed by atoms with Crippen LogP contribution >= 0.6 is 0 Å². The van der Waals surface area contributed by atoms with Gasteiger partial charge in [-0.05, 0) is 13.0 Å². The first-order chi connectivity index (χ1) is 5.59. The van der Waals surface area contributed by atoms with E-state index >= 15 is 0 Å². The highest BCUT2D eigenvalue weighted by molar-refractivity contribution is 5.84. The third-order valence-electron chi connectivity index (χ3n) is 1.32. The highest BCUT2D eigenvalue weighted by Crippen LogP contribution is 2.10. The molecular formula is C8H9NO3. The van der Waals surface area contributed by atoms with Gasteiger partial charge in [0.15, 0.2) is 11.7 Å². The van der Waals surface area contributed by atoms with Crippen molar-refractivity contribution in [3.8, 4) is 0 Å². The molecule has 0 bridgehead atoms. The second-order valence-corrected chi connectivity index (χ2v) is 2.35. The molecule has 0 aliphatic rings. The van der Waals surface area contributed by atoms with E-state index in [1.165, 1.54) is 6.08 Å². The summed E-state index contributed by atoms with van der Waals surface area (Å²) < 4.78 is 5.10. The van der Waals surface area contributed by atoms with Crippen molar-refractivity contribution in [3.05, 3.63) is 23.4 Å². The van der Waals surface area contributed by atoms with Gasteiger partial charge in [0.1, 0.15) is 0 Å². The molecule has 1 rings (SSSR count). The lowest BCUT2D eigenvalue weighted by Crippen LogP contribution is -1.85. The molecule has 1 N–H and O–H groups in total. The number of aryl methyl sites for hydroxylation is 2. The van der Waals surface area contributed by atoms with Gasteiger partial charge in [-0.15, -0.1) is 0 Å². The van der Waals surface area contributed by atoms with Crippen LogP contribution in [0.5, 0.6) is 0 Å². The summed E-state index contributed by atoms with van der Waals surface area (Å²) in [4.78, 5) is 14.1. The molecule has 1 aromatic heterocycles. The molecule has 0 aromatic carbocycles. The zero-order valence-corrected chi connectivity index (χ0v) is 6.87. The minimum atomic E-state index is -0.997. The topological polar surface area (TPSA) is 63.3 Å². The lowest BCUT2D eigenvalue weighted by Gasteiger charge is -1.83. The second kappa shape index (κ2) is 3.21. The highest BCUT2D eigenvalue weighted by Gasteiger charge is 2.02. The Hall–Kier alpha value is -1.58. The molecule has 1 heterocycles. The summed E-state index contributed by atoms with van der Waals surface area (Å²) in [6.45, 7) is 3.48. The Kier molecular flexibility index (Phi) is 2.28. The molecule has 0 amide bonds. The summed E-state index contributed by atoms with van der Waals surface area (Å²) >= 11 is 0. The molecule has 12 heavy (non-hydrogen) atoms. The summed E-state index contributed by atoms with van der Waals surface area (Å²) in [5.74, 6) is 0.0379. The van der Waals surface area contributed by atoms with Gasteiger partial charge in [-0.2, -0.15) is 0 Å². The SMILES string of the molecule is Cc1nc(C)c(/C=C/C(=O)O)o1. The van der Waals surface area contributed by atoms with Gasteiger partial charge in [0, 0.05) is 13.0 Å². The summed E-state index contributed by atoms with van der Waals surface area (Å²) in [5.41, 5.74) is 0.699. The average molecular weight is 167 g/mol. The van der Waals surface area contributed by atoms with Gasteiger partial charge in [-0.1, -0.05) is 0 Å². The first-order valence-electron chi connectivity index (χ1n) is 3.44. The normalized spacial score (nSPS) is 10.8. The van der Waals surface area contributed by atoms with E-state index in [0.717, 1.165) is 6.08 Å². The van der Waals surface area contributed by atoms with Crippen molar-refractivity contribution in [1.29, 1.82) is 0 Å². The molecule has 0 unspecified atom stereocenters. The minimum absolute atomic E-state index is 0.495. The van der Waals surface area contributed by atoms with Crippen molar-refractivity contribution in [2.45, 2.75) is 13.8 Å². The van der Waals surface area contributed by atoms with Crippen LogP contribution in [-0.2, 0) is 4.79 Å². The lowest BCUT2D eigenvalue weighted by atomic mass is 10.3. The Morgan fingerprint density at radius 2 is 2.25 bits per heavy atom. The molecule has 0 aliphatic heterocycles. The Labute approximate surface area is 69.5 Å². The van der Waals surface area contributed by atoms with Crippen molar-refractivity contribution in [2.75, 3.05) is 0 Å². The number of hydrogen-bond donors (Lipinski definition) is 1. The van der Waals surface area contributed by atoms with Crippen molar-refractivity contribution in [2.24, 2.45) is 0 Å². The van der Waals surface area contributed by atoms with Crippen LogP contribution in [-0.4, -0.2) is 16.1 Å². The van der Waals surface area contributed by atoms with Gasteiger partial charge >= 0.3 is 5.97 Å².